The van der Waals surface area contributed by atoms with E-state index in [2.05, 4.69) is 103 Å². The van der Waals surface area contributed by atoms with Crippen molar-refractivity contribution in [1.29, 1.82) is 0 Å². The van der Waals surface area contributed by atoms with Gasteiger partial charge in [0.1, 0.15) is 30.5 Å². The monoisotopic (exact) mass is 881 g/mol. The lowest BCUT2D eigenvalue weighted by molar-refractivity contribution is -0.301. The van der Waals surface area contributed by atoms with Crippen LogP contribution in [0.1, 0.15) is 149 Å². The Labute approximate surface area is 368 Å². The van der Waals surface area contributed by atoms with E-state index in [-0.39, 0.29) is 19.6 Å². The molecule has 0 bridgehead atoms. The van der Waals surface area contributed by atoms with Crippen LogP contribution < -0.4 is 0 Å². The van der Waals surface area contributed by atoms with Gasteiger partial charge in [0.25, 0.3) is 0 Å². The van der Waals surface area contributed by atoms with Crippen LogP contribution in [0.5, 0.6) is 0 Å². The first kappa shape index (κ1) is 56.3. The first-order valence-electron chi connectivity index (χ1n) is 22.8. The summed E-state index contributed by atoms with van der Waals surface area (Å²) < 4.78 is 58.9. The van der Waals surface area contributed by atoms with E-state index in [4.69, 9.17) is 23.5 Å². The van der Waals surface area contributed by atoms with Crippen LogP contribution in [0.25, 0.3) is 0 Å². The molecule has 6 unspecified atom stereocenters. The minimum atomic E-state index is -5.07. The molecule has 0 aliphatic carbocycles. The number of aliphatic hydroxyl groups excluding tert-OH is 3. The third-order valence-electron chi connectivity index (χ3n) is 9.78. The third kappa shape index (κ3) is 32.6. The number of aliphatic hydroxyl groups is 3. The number of allylic oxidation sites excluding steroid dienone is 14. The van der Waals surface area contributed by atoms with Gasteiger partial charge in [-0.25, -0.2) is 4.18 Å². The number of rotatable bonds is 38. The van der Waals surface area contributed by atoms with E-state index in [0.717, 1.165) is 83.5 Å². The number of hydrogen-bond donors (Lipinski definition) is 4. The van der Waals surface area contributed by atoms with Gasteiger partial charge in [-0.3, -0.25) is 9.35 Å². The lowest BCUT2D eigenvalue weighted by atomic mass is 9.99. The molecule has 0 aromatic rings. The highest BCUT2D eigenvalue weighted by Crippen LogP contribution is 2.26. The largest absolute Gasteiger partial charge is 0.457 e. The van der Waals surface area contributed by atoms with Crippen molar-refractivity contribution in [1.82, 2.24) is 0 Å². The molecule has 0 radical (unpaired) electrons. The molecule has 12 nitrogen and oxygen atoms in total. The number of hydrogen-bond acceptors (Lipinski definition) is 11. The van der Waals surface area contributed by atoms with Gasteiger partial charge in [-0.05, 0) is 70.6 Å². The van der Waals surface area contributed by atoms with Crippen molar-refractivity contribution in [3.05, 3.63) is 85.1 Å². The van der Waals surface area contributed by atoms with Crippen LogP contribution in [0.2, 0.25) is 0 Å². The van der Waals surface area contributed by atoms with E-state index < -0.39 is 59.8 Å². The second kappa shape index (κ2) is 38.9. The highest BCUT2D eigenvalue weighted by Gasteiger charge is 2.48. The lowest BCUT2D eigenvalue weighted by Gasteiger charge is -2.41. The zero-order chi connectivity index (χ0) is 44.7. The standard InChI is InChI=1S/C48H80O12S/c1-3-5-7-9-11-13-14-15-16-17-18-19-20-21-22-23-24-25-26-27-28-29-31-33-35-37-44(50)58-42(40-56-38-36-34-32-30-12-10-8-6-4-2)41-57-48-46(52)47(60-61(53,54)55)45(51)43(39-49)59-48/h5,7,11,13,15-16,18-19,21-22,24-25,27-28,42-43,45-49,51-52H,3-4,6,8-10,12,14,17,20,23,26,29-41H2,1-2H3,(H,53,54,55)/b7-5-,13-11-,16-15-,19-18-,22-21-,25-24-,28-27-. The molecule has 0 spiro atoms. The van der Waals surface area contributed by atoms with E-state index in [1.54, 1.807) is 0 Å². The number of carbonyl (C=O) groups is 1. The summed E-state index contributed by atoms with van der Waals surface area (Å²) in [6.07, 6.45) is 42.0. The Balaban J connectivity index is 2.40. The Kier molecular flexibility index (Phi) is 35.9. The van der Waals surface area contributed by atoms with Crippen LogP contribution in [0.3, 0.4) is 0 Å². The zero-order valence-electron chi connectivity index (χ0n) is 37.2. The van der Waals surface area contributed by atoms with Crippen LogP contribution in [0, 0.1) is 0 Å². The van der Waals surface area contributed by atoms with Crippen molar-refractivity contribution in [3.63, 3.8) is 0 Å². The second-order valence-electron chi connectivity index (χ2n) is 15.3. The van der Waals surface area contributed by atoms with Crippen molar-refractivity contribution in [2.24, 2.45) is 0 Å². The maximum atomic E-state index is 12.8. The van der Waals surface area contributed by atoms with Crippen molar-refractivity contribution >= 4 is 16.4 Å². The Hall–Kier alpha value is -2.72. The van der Waals surface area contributed by atoms with Gasteiger partial charge in [0, 0.05) is 13.0 Å². The van der Waals surface area contributed by atoms with Crippen molar-refractivity contribution < 1.29 is 56.2 Å². The van der Waals surface area contributed by atoms with E-state index >= 15 is 0 Å². The van der Waals surface area contributed by atoms with Crippen molar-refractivity contribution in [2.45, 2.75) is 185 Å². The molecule has 0 aromatic carbocycles. The summed E-state index contributed by atoms with van der Waals surface area (Å²) in [7, 11) is -5.07. The Morgan fingerprint density at radius 1 is 0.639 bits per heavy atom. The molecule has 1 aliphatic rings. The van der Waals surface area contributed by atoms with E-state index in [1.807, 2.05) is 0 Å². The quantitative estimate of drug-likeness (QED) is 0.0200. The molecule has 0 amide bonds. The van der Waals surface area contributed by atoms with Crippen LogP contribution in [-0.4, -0.2) is 97.5 Å². The van der Waals surface area contributed by atoms with Gasteiger partial charge in [-0.15, -0.1) is 0 Å². The predicted octanol–water partition coefficient (Wildman–Crippen LogP) is 9.68. The molecule has 0 aromatic heterocycles. The van der Waals surface area contributed by atoms with Gasteiger partial charge in [-0.1, -0.05) is 157 Å². The van der Waals surface area contributed by atoms with Crippen LogP contribution in [-0.2, 0) is 38.3 Å². The normalized spacial score (nSPS) is 20.9. The number of esters is 1. The molecular formula is C48H80O12S. The molecule has 4 N–H and O–H groups in total. The first-order chi connectivity index (χ1) is 29.6. The fraction of sp³-hybridized carbons (Fsp3) is 0.688. The molecule has 13 heteroatoms. The van der Waals surface area contributed by atoms with Gasteiger partial charge in [0.2, 0.25) is 0 Å². The minimum absolute atomic E-state index is 0.0180. The minimum Gasteiger partial charge on any atom is -0.457 e. The van der Waals surface area contributed by atoms with Gasteiger partial charge >= 0.3 is 16.4 Å². The molecule has 0 saturated carbocycles. The van der Waals surface area contributed by atoms with Crippen LogP contribution in [0.4, 0.5) is 0 Å². The highest BCUT2D eigenvalue weighted by atomic mass is 32.3. The molecule has 6 atom stereocenters. The SMILES string of the molecule is CC/C=C\C/C=C\C/C=C\C/C=C\C/C=C\C/C=C\C/C=C\CCCCCC(=O)OC(COCCCCCCCCCCC)COC1OC(CO)C(O)C(OS(=O)(=O)O)C1O. The van der Waals surface area contributed by atoms with E-state index in [9.17, 15) is 28.5 Å². The zero-order valence-corrected chi connectivity index (χ0v) is 38.0. The predicted molar refractivity (Wildman–Crippen MR) is 243 cm³/mol. The summed E-state index contributed by atoms with van der Waals surface area (Å²) in [5.74, 6) is -0.435. The third-order valence-corrected chi connectivity index (χ3v) is 10.2. The molecule has 350 valence electrons. The number of carbonyl (C=O) groups excluding carboxylic acids is 1. The van der Waals surface area contributed by atoms with Crippen LogP contribution in [0.15, 0.2) is 85.1 Å². The first-order valence-corrected chi connectivity index (χ1v) is 24.2. The molecular weight excluding hydrogens is 801 g/mol. The molecule has 1 aliphatic heterocycles. The average molecular weight is 881 g/mol. The number of ether oxygens (including phenoxy) is 4. The summed E-state index contributed by atoms with van der Waals surface area (Å²) in [6.45, 7) is 3.79. The summed E-state index contributed by atoms with van der Waals surface area (Å²) >= 11 is 0. The van der Waals surface area contributed by atoms with Crippen LogP contribution >= 0.6 is 0 Å². The van der Waals surface area contributed by atoms with Crippen molar-refractivity contribution in [3.8, 4) is 0 Å². The fourth-order valence-electron chi connectivity index (χ4n) is 6.36. The molecule has 1 rings (SSSR count). The maximum absolute atomic E-state index is 12.8. The Morgan fingerprint density at radius 2 is 1.13 bits per heavy atom. The smallest absolute Gasteiger partial charge is 0.397 e. The fourth-order valence-corrected chi connectivity index (χ4v) is 6.87. The van der Waals surface area contributed by atoms with Gasteiger partial charge in [0.15, 0.2) is 6.29 Å². The summed E-state index contributed by atoms with van der Waals surface area (Å²) in [4.78, 5) is 12.8. The van der Waals surface area contributed by atoms with Gasteiger partial charge in [-0.2, -0.15) is 8.42 Å². The Bertz CT molecular complexity index is 1390. The topological polar surface area (TPSA) is 178 Å². The molecule has 1 saturated heterocycles. The van der Waals surface area contributed by atoms with Gasteiger partial charge < -0.3 is 34.3 Å². The van der Waals surface area contributed by atoms with E-state index in [0.29, 0.717) is 13.0 Å². The molecule has 1 heterocycles. The molecule has 61 heavy (non-hydrogen) atoms. The van der Waals surface area contributed by atoms with Crippen molar-refractivity contribution in [2.75, 3.05) is 26.4 Å². The highest BCUT2D eigenvalue weighted by molar-refractivity contribution is 7.80. The maximum Gasteiger partial charge on any atom is 0.397 e. The molecule has 1 fully saturated rings. The summed E-state index contributed by atoms with van der Waals surface area (Å²) in [5.41, 5.74) is 0. The lowest BCUT2D eigenvalue weighted by Crippen LogP contribution is -2.60. The number of unbranched alkanes of at least 4 members (excludes halogenated alkanes) is 11. The summed E-state index contributed by atoms with van der Waals surface area (Å²) in [6, 6.07) is 0. The average Bonchev–Trinajstić information content (AvgIpc) is 3.23. The second-order valence-corrected chi connectivity index (χ2v) is 16.3. The summed E-state index contributed by atoms with van der Waals surface area (Å²) in [5, 5.41) is 30.6. The van der Waals surface area contributed by atoms with Gasteiger partial charge in [0.05, 0.1) is 19.8 Å². The Morgan fingerprint density at radius 3 is 1.64 bits per heavy atom. The van der Waals surface area contributed by atoms with E-state index in [1.165, 1.54) is 38.5 Å².